The van der Waals surface area contributed by atoms with Crippen LogP contribution in [0.25, 0.3) is 6.08 Å². The van der Waals surface area contributed by atoms with Gasteiger partial charge in [0, 0.05) is 26.3 Å². The summed E-state index contributed by atoms with van der Waals surface area (Å²) in [5, 5.41) is 0. The second-order valence-electron chi connectivity index (χ2n) is 4.34. The number of ketones is 1. The van der Waals surface area contributed by atoms with E-state index in [1.165, 1.54) is 0 Å². The molecule has 0 fully saturated rings. The fourth-order valence-corrected chi connectivity index (χ4v) is 3.32. The molecule has 0 aromatic heterocycles. The first-order valence-corrected chi connectivity index (χ1v) is 7.74. The standard InChI is InChI=1S/C16H11BrOS/c17-13-7-5-11(6-8-13)9-12-10-19-15-4-2-1-3-14(15)16(12)18/h1-9H,10H2/b12-9-. The van der Waals surface area contributed by atoms with Crippen LogP contribution in [0.5, 0.6) is 0 Å². The Morgan fingerprint density at radius 2 is 1.79 bits per heavy atom. The number of thioether (sulfide) groups is 1. The fourth-order valence-electron chi connectivity index (χ4n) is 2.04. The molecule has 0 bridgehead atoms. The predicted octanol–water partition coefficient (Wildman–Crippen LogP) is 4.82. The van der Waals surface area contributed by atoms with Gasteiger partial charge in [0.1, 0.15) is 0 Å². The van der Waals surface area contributed by atoms with Crippen molar-refractivity contribution in [2.24, 2.45) is 0 Å². The summed E-state index contributed by atoms with van der Waals surface area (Å²) in [5.41, 5.74) is 2.75. The molecule has 3 rings (SSSR count). The van der Waals surface area contributed by atoms with E-state index in [0.29, 0.717) is 0 Å². The summed E-state index contributed by atoms with van der Waals surface area (Å²) in [6, 6.07) is 15.8. The van der Waals surface area contributed by atoms with Crippen molar-refractivity contribution in [3.8, 4) is 0 Å². The Labute approximate surface area is 124 Å². The van der Waals surface area contributed by atoms with Gasteiger partial charge in [0.05, 0.1) is 0 Å². The maximum atomic E-state index is 12.4. The Morgan fingerprint density at radius 3 is 2.58 bits per heavy atom. The van der Waals surface area contributed by atoms with E-state index >= 15 is 0 Å². The van der Waals surface area contributed by atoms with E-state index in [9.17, 15) is 4.79 Å². The van der Waals surface area contributed by atoms with Gasteiger partial charge in [-0.05, 0) is 35.9 Å². The molecule has 1 aliphatic heterocycles. The Hall–Kier alpha value is -1.32. The number of carbonyl (C=O) groups is 1. The lowest BCUT2D eigenvalue weighted by Crippen LogP contribution is -2.11. The third kappa shape index (κ3) is 2.67. The number of benzene rings is 2. The molecule has 0 saturated carbocycles. The number of fused-ring (bicyclic) bond motifs is 1. The molecule has 2 aromatic carbocycles. The van der Waals surface area contributed by atoms with Crippen LogP contribution >= 0.6 is 27.7 Å². The van der Waals surface area contributed by atoms with Crippen LogP contribution in [0, 0.1) is 0 Å². The van der Waals surface area contributed by atoms with Crippen molar-refractivity contribution in [2.45, 2.75) is 4.90 Å². The van der Waals surface area contributed by atoms with Crippen LogP contribution in [0.4, 0.5) is 0 Å². The van der Waals surface area contributed by atoms with E-state index in [2.05, 4.69) is 15.9 Å². The summed E-state index contributed by atoms with van der Waals surface area (Å²) in [5.74, 6) is 0.892. The van der Waals surface area contributed by atoms with Crippen molar-refractivity contribution >= 4 is 39.6 Å². The molecule has 94 valence electrons. The lowest BCUT2D eigenvalue weighted by molar-refractivity contribution is 0.103. The van der Waals surface area contributed by atoms with Crippen LogP contribution in [0.1, 0.15) is 15.9 Å². The second kappa shape index (κ2) is 5.35. The van der Waals surface area contributed by atoms with E-state index in [1.807, 2.05) is 54.6 Å². The first-order valence-electron chi connectivity index (χ1n) is 5.97. The third-order valence-corrected chi connectivity index (χ3v) is 4.67. The first-order chi connectivity index (χ1) is 9.24. The van der Waals surface area contributed by atoms with E-state index in [-0.39, 0.29) is 5.78 Å². The monoisotopic (exact) mass is 330 g/mol. The van der Waals surface area contributed by atoms with E-state index in [1.54, 1.807) is 11.8 Å². The number of hydrogen-bond donors (Lipinski definition) is 0. The lowest BCUT2D eigenvalue weighted by Gasteiger charge is -2.16. The average molecular weight is 331 g/mol. The second-order valence-corrected chi connectivity index (χ2v) is 6.27. The number of halogens is 1. The Kier molecular flexibility index (Phi) is 3.58. The van der Waals surface area contributed by atoms with Crippen LogP contribution in [0.2, 0.25) is 0 Å². The summed E-state index contributed by atoms with van der Waals surface area (Å²) in [6.07, 6.45) is 1.98. The molecule has 2 aromatic rings. The first kappa shape index (κ1) is 12.7. The largest absolute Gasteiger partial charge is 0.289 e. The minimum atomic E-state index is 0.150. The van der Waals surface area contributed by atoms with Gasteiger partial charge in [-0.3, -0.25) is 4.79 Å². The van der Waals surface area contributed by atoms with E-state index < -0.39 is 0 Å². The normalized spacial score (nSPS) is 16.5. The van der Waals surface area contributed by atoms with Crippen molar-refractivity contribution in [2.75, 3.05) is 5.75 Å². The molecule has 0 radical (unpaired) electrons. The topological polar surface area (TPSA) is 17.1 Å². The molecule has 0 saturated heterocycles. The third-order valence-electron chi connectivity index (χ3n) is 3.02. The van der Waals surface area contributed by atoms with Crippen LogP contribution in [-0.2, 0) is 0 Å². The predicted molar refractivity (Wildman–Crippen MR) is 83.6 cm³/mol. The quantitative estimate of drug-likeness (QED) is 0.697. The van der Waals surface area contributed by atoms with E-state index in [0.717, 1.165) is 31.8 Å². The van der Waals surface area contributed by atoms with Crippen molar-refractivity contribution < 1.29 is 4.79 Å². The molecule has 0 spiro atoms. The van der Waals surface area contributed by atoms with Crippen LogP contribution < -0.4 is 0 Å². The average Bonchev–Trinajstić information content (AvgIpc) is 2.45. The Balaban J connectivity index is 1.96. The Bertz CT molecular complexity index is 659. The van der Waals surface area contributed by atoms with Gasteiger partial charge >= 0.3 is 0 Å². The molecular formula is C16H11BrOS. The number of carbonyl (C=O) groups excluding carboxylic acids is 1. The zero-order chi connectivity index (χ0) is 13.2. The SMILES string of the molecule is O=C1/C(=C\c2ccc(Br)cc2)CSc2ccccc21. The van der Waals surface area contributed by atoms with Crippen molar-refractivity contribution in [3.05, 3.63) is 69.7 Å². The van der Waals surface area contributed by atoms with Crippen molar-refractivity contribution in [1.29, 1.82) is 0 Å². The molecule has 3 heteroatoms. The van der Waals surface area contributed by atoms with Gasteiger partial charge in [-0.1, -0.05) is 40.2 Å². The highest BCUT2D eigenvalue weighted by Gasteiger charge is 2.21. The molecule has 0 unspecified atom stereocenters. The number of hydrogen-bond acceptors (Lipinski definition) is 2. The molecule has 1 nitrogen and oxygen atoms in total. The van der Waals surface area contributed by atoms with Crippen LogP contribution in [0.3, 0.4) is 0 Å². The molecular weight excluding hydrogens is 320 g/mol. The maximum Gasteiger partial charge on any atom is 0.191 e. The summed E-state index contributed by atoms with van der Waals surface area (Å²) in [7, 11) is 0. The summed E-state index contributed by atoms with van der Waals surface area (Å²) in [6.45, 7) is 0. The van der Waals surface area contributed by atoms with Gasteiger partial charge in [-0.15, -0.1) is 11.8 Å². The minimum Gasteiger partial charge on any atom is -0.289 e. The van der Waals surface area contributed by atoms with Gasteiger partial charge in [0.25, 0.3) is 0 Å². The van der Waals surface area contributed by atoms with Gasteiger partial charge in [0.15, 0.2) is 5.78 Å². The maximum absolute atomic E-state index is 12.4. The van der Waals surface area contributed by atoms with Crippen LogP contribution in [0.15, 0.2) is 63.5 Å². The van der Waals surface area contributed by atoms with Gasteiger partial charge < -0.3 is 0 Å². The van der Waals surface area contributed by atoms with Crippen molar-refractivity contribution in [3.63, 3.8) is 0 Å². The number of Topliss-reactive ketones (excluding diaryl/α,β-unsaturated/α-hetero) is 1. The summed E-state index contributed by atoms with van der Waals surface area (Å²) >= 11 is 5.14. The van der Waals surface area contributed by atoms with Gasteiger partial charge in [0.2, 0.25) is 0 Å². The molecule has 0 amide bonds. The Morgan fingerprint density at radius 1 is 1.05 bits per heavy atom. The molecule has 1 aliphatic rings. The smallest absolute Gasteiger partial charge is 0.191 e. The highest BCUT2D eigenvalue weighted by atomic mass is 79.9. The fraction of sp³-hybridized carbons (Fsp3) is 0.0625. The zero-order valence-electron chi connectivity index (χ0n) is 10.1. The lowest BCUT2D eigenvalue weighted by atomic mass is 10.0. The molecule has 0 N–H and O–H groups in total. The highest BCUT2D eigenvalue weighted by Crippen LogP contribution is 2.33. The van der Waals surface area contributed by atoms with Gasteiger partial charge in [-0.2, -0.15) is 0 Å². The summed E-state index contributed by atoms with van der Waals surface area (Å²) < 4.78 is 1.05. The molecule has 0 atom stereocenters. The number of rotatable bonds is 1. The minimum absolute atomic E-state index is 0.150. The molecule has 1 heterocycles. The van der Waals surface area contributed by atoms with Gasteiger partial charge in [-0.25, -0.2) is 0 Å². The molecule has 19 heavy (non-hydrogen) atoms. The zero-order valence-corrected chi connectivity index (χ0v) is 12.5. The van der Waals surface area contributed by atoms with Crippen LogP contribution in [-0.4, -0.2) is 11.5 Å². The highest BCUT2D eigenvalue weighted by molar-refractivity contribution is 9.10. The van der Waals surface area contributed by atoms with E-state index in [4.69, 9.17) is 0 Å². The van der Waals surface area contributed by atoms with Crippen molar-refractivity contribution in [1.82, 2.24) is 0 Å². The summed E-state index contributed by atoms with van der Waals surface area (Å²) in [4.78, 5) is 13.5. The molecule has 0 aliphatic carbocycles.